The molecule has 0 radical (unpaired) electrons. The van der Waals surface area contributed by atoms with Crippen molar-refractivity contribution >= 4 is 11.6 Å². The van der Waals surface area contributed by atoms with E-state index in [2.05, 4.69) is 0 Å². The first-order valence-electron chi connectivity index (χ1n) is 5.94. The molecule has 0 saturated heterocycles. The lowest BCUT2D eigenvalue weighted by molar-refractivity contribution is 0.383. The van der Waals surface area contributed by atoms with Gasteiger partial charge in [0.25, 0.3) is 0 Å². The molecule has 0 aliphatic carbocycles. The molecule has 2 rings (SSSR count). The number of nitrogens with two attached hydrogens (primary N) is 1. The van der Waals surface area contributed by atoms with Gasteiger partial charge in [0.15, 0.2) is 11.6 Å². The van der Waals surface area contributed by atoms with Gasteiger partial charge in [-0.1, -0.05) is 35.9 Å². The van der Waals surface area contributed by atoms with Gasteiger partial charge in [0.2, 0.25) is 0 Å². The van der Waals surface area contributed by atoms with E-state index in [1.54, 1.807) is 30.3 Å². The topological polar surface area (TPSA) is 35.2 Å². The first kappa shape index (κ1) is 13.8. The monoisotopic (exact) mass is 279 g/mol. The van der Waals surface area contributed by atoms with E-state index in [9.17, 15) is 4.39 Å². The molecule has 1 unspecified atom stereocenters. The second-order valence-electron chi connectivity index (χ2n) is 4.30. The van der Waals surface area contributed by atoms with E-state index in [1.165, 1.54) is 7.11 Å². The standard InChI is InChI=1S/C15H15ClFNO/c1-19-14-4-2-3-11(15(14)17)9-13(18)10-5-7-12(16)8-6-10/h2-8,13H,9,18H2,1H3. The van der Waals surface area contributed by atoms with Crippen molar-refractivity contribution in [3.8, 4) is 5.75 Å². The Morgan fingerprint density at radius 2 is 1.89 bits per heavy atom. The third kappa shape index (κ3) is 3.25. The minimum atomic E-state index is -0.352. The van der Waals surface area contributed by atoms with Crippen LogP contribution in [-0.4, -0.2) is 7.11 Å². The molecular formula is C15H15ClFNO. The van der Waals surface area contributed by atoms with E-state index in [0.717, 1.165) is 5.56 Å². The van der Waals surface area contributed by atoms with Crippen LogP contribution in [0.3, 0.4) is 0 Å². The van der Waals surface area contributed by atoms with E-state index in [0.29, 0.717) is 17.0 Å². The number of benzene rings is 2. The number of hydrogen-bond donors (Lipinski definition) is 1. The van der Waals surface area contributed by atoms with Gasteiger partial charge >= 0.3 is 0 Å². The van der Waals surface area contributed by atoms with Crippen LogP contribution >= 0.6 is 11.6 Å². The maximum atomic E-state index is 14.0. The quantitative estimate of drug-likeness (QED) is 0.925. The first-order chi connectivity index (χ1) is 9.11. The molecule has 2 aromatic carbocycles. The van der Waals surface area contributed by atoms with Gasteiger partial charge < -0.3 is 10.5 Å². The summed E-state index contributed by atoms with van der Waals surface area (Å²) in [5.74, 6) is -0.116. The van der Waals surface area contributed by atoms with Gasteiger partial charge in [-0.2, -0.15) is 0 Å². The zero-order chi connectivity index (χ0) is 13.8. The van der Waals surface area contributed by atoms with Gasteiger partial charge in [0, 0.05) is 11.1 Å². The Morgan fingerprint density at radius 3 is 2.53 bits per heavy atom. The van der Waals surface area contributed by atoms with Crippen molar-refractivity contribution in [3.63, 3.8) is 0 Å². The van der Waals surface area contributed by atoms with Crippen molar-refractivity contribution < 1.29 is 9.13 Å². The van der Waals surface area contributed by atoms with Crippen molar-refractivity contribution in [1.29, 1.82) is 0 Å². The summed E-state index contributed by atoms with van der Waals surface area (Å²) in [6.07, 6.45) is 0.407. The third-order valence-electron chi connectivity index (χ3n) is 3.00. The highest BCUT2D eigenvalue weighted by Gasteiger charge is 2.13. The SMILES string of the molecule is COc1cccc(CC(N)c2ccc(Cl)cc2)c1F. The van der Waals surface area contributed by atoms with Crippen LogP contribution in [0.15, 0.2) is 42.5 Å². The van der Waals surface area contributed by atoms with Crippen LogP contribution in [0, 0.1) is 5.82 Å². The highest BCUT2D eigenvalue weighted by molar-refractivity contribution is 6.30. The van der Waals surface area contributed by atoms with E-state index in [4.69, 9.17) is 22.1 Å². The Hall–Kier alpha value is -1.58. The number of ether oxygens (including phenoxy) is 1. The van der Waals surface area contributed by atoms with Gasteiger partial charge in [-0.3, -0.25) is 0 Å². The van der Waals surface area contributed by atoms with Gasteiger partial charge in [-0.15, -0.1) is 0 Å². The second kappa shape index (κ2) is 6.04. The molecule has 4 heteroatoms. The van der Waals surface area contributed by atoms with Crippen molar-refractivity contribution in [2.75, 3.05) is 7.11 Å². The minimum absolute atomic E-state index is 0.237. The van der Waals surface area contributed by atoms with Crippen LogP contribution in [0.2, 0.25) is 5.02 Å². The van der Waals surface area contributed by atoms with Crippen LogP contribution in [-0.2, 0) is 6.42 Å². The molecule has 0 spiro atoms. The summed E-state index contributed by atoms with van der Waals surface area (Å²) in [5, 5.41) is 0.656. The molecule has 0 fully saturated rings. The summed E-state index contributed by atoms with van der Waals surface area (Å²) in [5.41, 5.74) is 7.55. The van der Waals surface area contributed by atoms with Crippen LogP contribution in [0.4, 0.5) is 4.39 Å². The predicted octanol–water partition coefficient (Wildman–Crippen LogP) is 3.73. The maximum Gasteiger partial charge on any atom is 0.168 e. The van der Waals surface area contributed by atoms with Crippen LogP contribution in [0.25, 0.3) is 0 Å². The predicted molar refractivity (Wildman–Crippen MR) is 75.0 cm³/mol. The second-order valence-corrected chi connectivity index (χ2v) is 4.73. The summed E-state index contributed by atoms with van der Waals surface area (Å²) in [6.45, 7) is 0. The molecule has 100 valence electrons. The fourth-order valence-electron chi connectivity index (χ4n) is 1.94. The number of hydrogen-bond acceptors (Lipinski definition) is 2. The smallest absolute Gasteiger partial charge is 0.168 e. The third-order valence-corrected chi connectivity index (χ3v) is 3.25. The average molecular weight is 280 g/mol. The summed E-state index contributed by atoms with van der Waals surface area (Å²) >= 11 is 5.82. The van der Waals surface area contributed by atoms with Gasteiger partial charge in [0.05, 0.1) is 7.11 Å². The lowest BCUT2D eigenvalue weighted by Gasteiger charge is -2.14. The molecule has 0 saturated carbocycles. The van der Waals surface area contributed by atoms with E-state index in [-0.39, 0.29) is 17.6 Å². The molecule has 0 amide bonds. The average Bonchev–Trinajstić information content (AvgIpc) is 2.42. The Morgan fingerprint density at radius 1 is 1.21 bits per heavy atom. The molecule has 0 aromatic heterocycles. The van der Waals surface area contributed by atoms with Gasteiger partial charge in [-0.05, 0) is 35.7 Å². The van der Waals surface area contributed by atoms with E-state index >= 15 is 0 Å². The van der Waals surface area contributed by atoms with E-state index in [1.807, 2.05) is 12.1 Å². The minimum Gasteiger partial charge on any atom is -0.494 e. The van der Waals surface area contributed by atoms with Crippen LogP contribution < -0.4 is 10.5 Å². The molecule has 0 heterocycles. The number of halogens is 2. The summed E-state index contributed by atoms with van der Waals surface area (Å²) in [7, 11) is 1.45. The zero-order valence-electron chi connectivity index (χ0n) is 10.6. The number of methoxy groups -OCH3 is 1. The number of rotatable bonds is 4. The Balaban J connectivity index is 2.19. The van der Waals surface area contributed by atoms with E-state index < -0.39 is 0 Å². The highest BCUT2D eigenvalue weighted by Crippen LogP contribution is 2.24. The lowest BCUT2D eigenvalue weighted by atomic mass is 9.99. The van der Waals surface area contributed by atoms with Crippen molar-refractivity contribution in [3.05, 3.63) is 64.4 Å². The Kier molecular flexibility index (Phi) is 4.40. The highest BCUT2D eigenvalue weighted by atomic mass is 35.5. The van der Waals surface area contributed by atoms with Crippen molar-refractivity contribution in [1.82, 2.24) is 0 Å². The van der Waals surface area contributed by atoms with Crippen molar-refractivity contribution in [2.24, 2.45) is 5.73 Å². The molecule has 2 nitrogen and oxygen atoms in total. The summed E-state index contributed by atoms with van der Waals surface area (Å²) in [6, 6.07) is 12.0. The molecule has 1 atom stereocenters. The first-order valence-corrected chi connectivity index (χ1v) is 6.32. The summed E-state index contributed by atoms with van der Waals surface area (Å²) < 4.78 is 19.0. The van der Waals surface area contributed by atoms with Crippen molar-refractivity contribution in [2.45, 2.75) is 12.5 Å². The van der Waals surface area contributed by atoms with Crippen LogP contribution in [0.5, 0.6) is 5.75 Å². The fraction of sp³-hybridized carbons (Fsp3) is 0.200. The van der Waals surface area contributed by atoms with Gasteiger partial charge in [0.1, 0.15) is 0 Å². The molecule has 0 aliphatic rings. The van der Waals surface area contributed by atoms with Crippen LogP contribution in [0.1, 0.15) is 17.2 Å². The molecule has 0 bridgehead atoms. The maximum absolute atomic E-state index is 14.0. The Labute approximate surface area is 117 Å². The normalized spacial score (nSPS) is 12.2. The zero-order valence-corrected chi connectivity index (χ0v) is 11.3. The van der Waals surface area contributed by atoms with Gasteiger partial charge in [-0.25, -0.2) is 4.39 Å². The fourth-order valence-corrected chi connectivity index (χ4v) is 2.06. The molecule has 2 N–H and O–H groups in total. The molecule has 19 heavy (non-hydrogen) atoms. The largest absolute Gasteiger partial charge is 0.494 e. The lowest BCUT2D eigenvalue weighted by Crippen LogP contribution is -2.14. The Bertz CT molecular complexity index is 557. The molecule has 0 aliphatic heterocycles. The molecular weight excluding hydrogens is 265 g/mol. The summed E-state index contributed by atoms with van der Waals surface area (Å²) in [4.78, 5) is 0. The molecule has 2 aromatic rings.